The molecule has 4 rings (SSSR count). The summed E-state index contributed by atoms with van der Waals surface area (Å²) in [6.45, 7) is 4.44. The Morgan fingerprint density at radius 3 is 2.89 bits per heavy atom. The SMILES string of the molecule is C[C@@H]1Cc2nc(NC(=O)NCC(C)(C)O)sc2[C@H](C)N1c1ncc(-c2cccc(OC(F)F)c2)o1. The first-order chi connectivity index (χ1) is 16.5. The molecule has 0 spiro atoms. The van der Waals surface area contributed by atoms with Crippen molar-refractivity contribution >= 4 is 28.5 Å². The van der Waals surface area contributed by atoms with E-state index in [0.29, 0.717) is 28.9 Å². The summed E-state index contributed by atoms with van der Waals surface area (Å²) in [7, 11) is 0. The van der Waals surface area contributed by atoms with Crippen LogP contribution in [0, 0.1) is 0 Å². The minimum Gasteiger partial charge on any atom is -0.435 e. The molecule has 2 atom stereocenters. The van der Waals surface area contributed by atoms with Crippen LogP contribution >= 0.6 is 11.3 Å². The topological polar surface area (TPSA) is 113 Å². The van der Waals surface area contributed by atoms with Gasteiger partial charge in [0.25, 0.3) is 6.01 Å². The van der Waals surface area contributed by atoms with Crippen LogP contribution in [0.15, 0.2) is 34.9 Å². The van der Waals surface area contributed by atoms with Crippen LogP contribution in [0.3, 0.4) is 0 Å². The Morgan fingerprint density at radius 1 is 1.40 bits per heavy atom. The number of carbonyl (C=O) groups is 1. The third-order valence-electron chi connectivity index (χ3n) is 5.45. The number of fused-ring (bicyclic) bond motifs is 1. The largest absolute Gasteiger partial charge is 0.435 e. The average Bonchev–Trinajstić information content (AvgIpc) is 3.39. The summed E-state index contributed by atoms with van der Waals surface area (Å²) >= 11 is 1.37. The van der Waals surface area contributed by atoms with E-state index < -0.39 is 18.2 Å². The minimum absolute atomic E-state index is 0.0106. The first-order valence-electron chi connectivity index (χ1n) is 11.1. The summed E-state index contributed by atoms with van der Waals surface area (Å²) in [6, 6.07) is 6.11. The van der Waals surface area contributed by atoms with E-state index >= 15 is 0 Å². The highest BCUT2D eigenvalue weighted by molar-refractivity contribution is 7.16. The van der Waals surface area contributed by atoms with Gasteiger partial charge in [-0.2, -0.15) is 8.78 Å². The molecule has 3 heterocycles. The number of aromatic nitrogens is 2. The van der Waals surface area contributed by atoms with Crippen molar-refractivity contribution in [1.82, 2.24) is 15.3 Å². The fraction of sp³-hybridized carbons (Fsp3) is 0.435. The number of thiazole rings is 1. The number of nitrogens with zero attached hydrogens (tertiary/aromatic N) is 3. The van der Waals surface area contributed by atoms with Crippen molar-refractivity contribution in [1.29, 1.82) is 0 Å². The molecule has 1 aliphatic rings. The smallest absolute Gasteiger partial charge is 0.387 e. The van der Waals surface area contributed by atoms with Gasteiger partial charge >= 0.3 is 12.6 Å². The maximum Gasteiger partial charge on any atom is 0.387 e. The van der Waals surface area contributed by atoms with Crippen LogP contribution in [0.1, 0.15) is 44.3 Å². The number of ether oxygens (including phenoxy) is 1. The number of alkyl halides is 2. The van der Waals surface area contributed by atoms with E-state index in [1.807, 2.05) is 18.7 Å². The molecule has 188 valence electrons. The van der Waals surface area contributed by atoms with Crippen molar-refractivity contribution in [3.8, 4) is 17.1 Å². The lowest BCUT2D eigenvalue weighted by Gasteiger charge is -2.36. The number of oxazole rings is 1. The Kier molecular flexibility index (Phi) is 6.95. The maximum atomic E-state index is 12.6. The molecule has 0 fully saturated rings. The van der Waals surface area contributed by atoms with Gasteiger partial charge in [-0.3, -0.25) is 5.32 Å². The van der Waals surface area contributed by atoms with Crippen LogP contribution in [0.4, 0.5) is 24.7 Å². The number of carbonyl (C=O) groups excluding carboxylic acids is 1. The van der Waals surface area contributed by atoms with Crippen LogP contribution in [-0.2, 0) is 6.42 Å². The van der Waals surface area contributed by atoms with Gasteiger partial charge in [0.05, 0.1) is 28.4 Å². The first-order valence-corrected chi connectivity index (χ1v) is 11.9. The fourth-order valence-electron chi connectivity index (χ4n) is 3.91. The first kappa shape index (κ1) is 24.9. The van der Waals surface area contributed by atoms with Crippen molar-refractivity contribution in [2.45, 2.75) is 58.4 Å². The van der Waals surface area contributed by atoms with E-state index in [-0.39, 0.29) is 24.4 Å². The summed E-state index contributed by atoms with van der Waals surface area (Å²) in [5.41, 5.74) is 0.449. The quantitative estimate of drug-likeness (QED) is 0.421. The van der Waals surface area contributed by atoms with Crippen LogP contribution in [0.5, 0.6) is 5.75 Å². The molecule has 0 unspecified atom stereocenters. The third-order valence-corrected chi connectivity index (χ3v) is 6.63. The van der Waals surface area contributed by atoms with Crippen LogP contribution in [-0.4, -0.2) is 45.9 Å². The van der Waals surface area contributed by atoms with E-state index in [2.05, 4.69) is 25.3 Å². The van der Waals surface area contributed by atoms with Gasteiger partial charge in [0.1, 0.15) is 5.75 Å². The number of anilines is 2. The number of rotatable bonds is 7. The lowest BCUT2D eigenvalue weighted by atomic mass is 10.0. The van der Waals surface area contributed by atoms with Gasteiger partial charge in [-0.05, 0) is 39.8 Å². The summed E-state index contributed by atoms with van der Waals surface area (Å²) in [5.74, 6) is 0.469. The van der Waals surface area contributed by atoms with Gasteiger partial charge in [-0.15, -0.1) is 0 Å². The number of aliphatic hydroxyl groups is 1. The molecule has 2 aromatic heterocycles. The van der Waals surface area contributed by atoms with E-state index in [0.717, 1.165) is 10.6 Å². The van der Waals surface area contributed by atoms with E-state index in [9.17, 15) is 18.7 Å². The monoisotopic (exact) mass is 507 g/mol. The molecule has 3 N–H and O–H groups in total. The molecular weight excluding hydrogens is 480 g/mol. The second kappa shape index (κ2) is 9.78. The Balaban J connectivity index is 1.50. The van der Waals surface area contributed by atoms with Crippen molar-refractivity contribution in [3.05, 3.63) is 41.0 Å². The molecule has 3 aromatic rings. The Morgan fingerprint density at radius 2 is 2.17 bits per heavy atom. The molecule has 0 saturated heterocycles. The number of urea groups is 1. The zero-order chi connectivity index (χ0) is 25.3. The van der Waals surface area contributed by atoms with E-state index in [1.54, 1.807) is 32.2 Å². The predicted molar refractivity (Wildman–Crippen MR) is 128 cm³/mol. The number of halogens is 2. The molecule has 2 amide bonds. The van der Waals surface area contributed by atoms with Crippen molar-refractivity contribution < 1.29 is 27.8 Å². The number of benzene rings is 1. The van der Waals surface area contributed by atoms with Gasteiger partial charge in [0.15, 0.2) is 10.9 Å². The number of nitrogens with one attached hydrogen (secondary N) is 2. The highest BCUT2D eigenvalue weighted by Gasteiger charge is 2.35. The summed E-state index contributed by atoms with van der Waals surface area (Å²) in [6.07, 6.45) is 2.18. The molecule has 9 nitrogen and oxygen atoms in total. The predicted octanol–water partition coefficient (Wildman–Crippen LogP) is 4.80. The van der Waals surface area contributed by atoms with Crippen molar-refractivity contribution in [2.24, 2.45) is 0 Å². The maximum absolute atomic E-state index is 12.6. The Labute approximate surface area is 205 Å². The molecular formula is C23H27F2N5O4S. The molecule has 35 heavy (non-hydrogen) atoms. The normalized spacial score (nSPS) is 17.9. The number of amides is 2. The van der Waals surface area contributed by atoms with Gasteiger partial charge in [-0.1, -0.05) is 23.5 Å². The van der Waals surface area contributed by atoms with E-state index in [4.69, 9.17) is 4.42 Å². The lowest BCUT2D eigenvalue weighted by Crippen LogP contribution is -2.41. The second-order valence-corrected chi connectivity index (χ2v) is 10.0. The fourth-order valence-corrected chi connectivity index (χ4v) is 4.95. The summed E-state index contributed by atoms with van der Waals surface area (Å²) in [5, 5.41) is 15.6. The zero-order valence-corrected chi connectivity index (χ0v) is 20.5. The Bertz CT molecular complexity index is 1190. The van der Waals surface area contributed by atoms with Gasteiger partial charge in [-0.25, -0.2) is 14.8 Å². The van der Waals surface area contributed by atoms with Crippen LogP contribution in [0.2, 0.25) is 0 Å². The summed E-state index contributed by atoms with van der Waals surface area (Å²) < 4.78 is 35.6. The van der Waals surface area contributed by atoms with Crippen LogP contribution in [0.25, 0.3) is 11.3 Å². The molecule has 0 bridgehead atoms. The van der Waals surface area contributed by atoms with Gasteiger partial charge in [0, 0.05) is 24.6 Å². The Hall–Kier alpha value is -3.25. The van der Waals surface area contributed by atoms with Crippen molar-refractivity contribution in [3.63, 3.8) is 0 Å². The van der Waals surface area contributed by atoms with Gasteiger partial charge < -0.3 is 24.5 Å². The third kappa shape index (κ3) is 5.88. The lowest BCUT2D eigenvalue weighted by molar-refractivity contribution is -0.0498. The highest BCUT2D eigenvalue weighted by Crippen LogP contribution is 2.41. The minimum atomic E-state index is -2.91. The standard InChI is InChI=1S/C23H27F2N5O4S/c1-12-8-16-18(35-21(28-16)29-20(31)27-11-23(3,4)32)13(2)30(12)22-26-10-17(34-22)14-6-5-7-15(9-14)33-19(24)25/h5-7,9-10,12-13,19,32H,8,11H2,1-4H3,(H2,27,28,29,31)/t12-,13+/m1/s1. The number of hydrogen-bond donors (Lipinski definition) is 3. The average molecular weight is 508 g/mol. The van der Waals surface area contributed by atoms with E-state index in [1.165, 1.54) is 23.5 Å². The second-order valence-electron chi connectivity index (χ2n) is 9.00. The zero-order valence-electron chi connectivity index (χ0n) is 19.7. The molecule has 12 heteroatoms. The molecule has 0 radical (unpaired) electrons. The highest BCUT2D eigenvalue weighted by atomic mass is 32.1. The molecule has 0 saturated carbocycles. The van der Waals surface area contributed by atoms with Crippen LogP contribution < -0.4 is 20.3 Å². The number of hydrogen-bond acceptors (Lipinski definition) is 8. The van der Waals surface area contributed by atoms with Gasteiger partial charge in [0.2, 0.25) is 0 Å². The van der Waals surface area contributed by atoms with Crippen molar-refractivity contribution in [2.75, 3.05) is 16.8 Å². The molecule has 1 aliphatic heterocycles. The molecule has 0 aliphatic carbocycles. The molecule has 1 aromatic carbocycles. The summed E-state index contributed by atoms with van der Waals surface area (Å²) in [4.78, 5) is 24.2.